The summed E-state index contributed by atoms with van der Waals surface area (Å²) in [6.45, 7) is 9.37. The van der Waals surface area contributed by atoms with E-state index in [0.717, 1.165) is 13.0 Å². The fraction of sp³-hybridized carbons (Fsp3) is 0.625. The lowest BCUT2D eigenvalue weighted by molar-refractivity contribution is 0.0626. The van der Waals surface area contributed by atoms with Gasteiger partial charge in [0.1, 0.15) is 0 Å². The zero-order chi connectivity index (χ0) is 13.5. The first-order chi connectivity index (χ1) is 8.52. The smallest absolute Gasteiger partial charge is 0.0664 e. The van der Waals surface area contributed by atoms with Gasteiger partial charge in [0.05, 0.1) is 18.8 Å². The van der Waals surface area contributed by atoms with Crippen molar-refractivity contribution in [3.63, 3.8) is 0 Å². The molecule has 0 saturated heterocycles. The van der Waals surface area contributed by atoms with Crippen LogP contribution < -0.4 is 5.32 Å². The van der Waals surface area contributed by atoms with Crippen molar-refractivity contribution in [3.8, 4) is 0 Å². The molecule has 1 atom stereocenters. The topological polar surface area (TPSA) is 21.3 Å². The molecular weight excluding hydrogens is 222 g/mol. The summed E-state index contributed by atoms with van der Waals surface area (Å²) >= 11 is 0. The molecule has 0 radical (unpaired) electrons. The van der Waals surface area contributed by atoms with Crippen molar-refractivity contribution in [2.75, 3.05) is 13.7 Å². The molecule has 1 N–H and O–H groups in total. The highest BCUT2D eigenvalue weighted by Crippen LogP contribution is 2.17. The first kappa shape index (κ1) is 15.2. The van der Waals surface area contributed by atoms with Crippen LogP contribution in [0, 0.1) is 5.92 Å². The van der Waals surface area contributed by atoms with Gasteiger partial charge in [0.25, 0.3) is 0 Å². The van der Waals surface area contributed by atoms with Crippen LogP contribution >= 0.6 is 0 Å². The fourth-order valence-electron chi connectivity index (χ4n) is 2.04. The van der Waals surface area contributed by atoms with Crippen LogP contribution in [0.25, 0.3) is 0 Å². The molecule has 0 aliphatic heterocycles. The van der Waals surface area contributed by atoms with Crippen LogP contribution in [-0.4, -0.2) is 19.8 Å². The van der Waals surface area contributed by atoms with E-state index < -0.39 is 0 Å². The minimum absolute atomic E-state index is 0.277. The quantitative estimate of drug-likeness (QED) is 0.797. The lowest BCUT2D eigenvalue weighted by Crippen LogP contribution is -2.23. The Morgan fingerprint density at radius 2 is 1.89 bits per heavy atom. The third-order valence-corrected chi connectivity index (χ3v) is 2.94. The summed E-state index contributed by atoms with van der Waals surface area (Å²) < 4.78 is 5.71. The molecule has 102 valence electrons. The van der Waals surface area contributed by atoms with Gasteiger partial charge in [-0.15, -0.1) is 0 Å². The van der Waals surface area contributed by atoms with E-state index in [-0.39, 0.29) is 12.1 Å². The van der Waals surface area contributed by atoms with Crippen LogP contribution in [0.3, 0.4) is 0 Å². The lowest BCUT2D eigenvalue weighted by atomic mass is 9.98. The number of hydrogen-bond acceptors (Lipinski definition) is 2. The largest absolute Gasteiger partial charge is 0.377 e. The predicted octanol–water partition coefficient (Wildman–Crippen LogP) is 3.57. The molecular formula is C16H27NO. The lowest BCUT2D eigenvalue weighted by Gasteiger charge is -2.19. The molecule has 0 aliphatic rings. The number of likely N-dealkylation sites (N-methyl/N-ethyl adjacent to an activating group) is 1. The highest BCUT2D eigenvalue weighted by Gasteiger charge is 2.11. The molecule has 18 heavy (non-hydrogen) atoms. The van der Waals surface area contributed by atoms with Gasteiger partial charge in [-0.3, -0.25) is 0 Å². The van der Waals surface area contributed by atoms with Crippen molar-refractivity contribution in [3.05, 3.63) is 35.4 Å². The Bertz CT molecular complexity index is 347. The number of nitrogens with one attached hydrogen (secondary N) is 1. The van der Waals surface area contributed by atoms with E-state index >= 15 is 0 Å². The molecule has 0 aromatic heterocycles. The summed E-state index contributed by atoms with van der Waals surface area (Å²) in [5.41, 5.74) is 2.73. The van der Waals surface area contributed by atoms with Gasteiger partial charge in [-0.2, -0.15) is 0 Å². The van der Waals surface area contributed by atoms with Gasteiger partial charge in [0.15, 0.2) is 0 Å². The molecule has 0 saturated carbocycles. The zero-order valence-corrected chi connectivity index (χ0v) is 12.4. The van der Waals surface area contributed by atoms with Crippen LogP contribution in [0.1, 0.15) is 44.9 Å². The minimum atomic E-state index is 0.277. The molecule has 0 bridgehead atoms. The van der Waals surface area contributed by atoms with Crippen LogP contribution in [0.4, 0.5) is 0 Å². The van der Waals surface area contributed by atoms with Gasteiger partial charge in [-0.25, -0.2) is 0 Å². The number of benzene rings is 1. The molecule has 1 unspecified atom stereocenters. The zero-order valence-electron chi connectivity index (χ0n) is 12.4. The second-order valence-corrected chi connectivity index (χ2v) is 5.57. The summed E-state index contributed by atoms with van der Waals surface area (Å²) in [6, 6.07) is 9.10. The van der Waals surface area contributed by atoms with Gasteiger partial charge in [0.2, 0.25) is 0 Å². The van der Waals surface area contributed by atoms with Crippen molar-refractivity contribution in [1.29, 1.82) is 0 Å². The number of hydrogen-bond donors (Lipinski definition) is 1. The van der Waals surface area contributed by atoms with Crippen molar-refractivity contribution in [2.24, 2.45) is 5.92 Å². The average molecular weight is 249 g/mol. The van der Waals surface area contributed by atoms with Crippen molar-refractivity contribution >= 4 is 0 Å². The second kappa shape index (κ2) is 7.55. The Morgan fingerprint density at radius 3 is 2.44 bits per heavy atom. The molecule has 0 aliphatic carbocycles. The van der Waals surface area contributed by atoms with Crippen molar-refractivity contribution in [1.82, 2.24) is 5.32 Å². The fourth-order valence-corrected chi connectivity index (χ4v) is 2.04. The third-order valence-electron chi connectivity index (χ3n) is 2.94. The molecule has 2 nitrogen and oxygen atoms in total. The van der Waals surface area contributed by atoms with Crippen LogP contribution in [0.15, 0.2) is 24.3 Å². The van der Waals surface area contributed by atoms with Crippen LogP contribution in [0.2, 0.25) is 0 Å². The summed E-state index contributed by atoms with van der Waals surface area (Å²) in [5, 5.41) is 3.33. The summed E-state index contributed by atoms with van der Waals surface area (Å²) in [7, 11) is 1.99. The molecule has 1 rings (SSSR count). The van der Waals surface area contributed by atoms with Crippen molar-refractivity contribution < 1.29 is 4.74 Å². The maximum absolute atomic E-state index is 5.71. The van der Waals surface area contributed by atoms with E-state index in [4.69, 9.17) is 4.74 Å². The summed E-state index contributed by atoms with van der Waals surface area (Å²) in [6.07, 6.45) is 1.41. The first-order valence-electron chi connectivity index (χ1n) is 6.90. The Morgan fingerprint density at radius 1 is 1.17 bits per heavy atom. The normalized spacial score (nSPS) is 13.3. The molecule has 0 fully saturated rings. The van der Waals surface area contributed by atoms with Gasteiger partial charge >= 0.3 is 0 Å². The molecule has 0 amide bonds. The molecule has 1 aromatic rings. The van der Waals surface area contributed by atoms with Gasteiger partial charge in [-0.05, 0) is 44.4 Å². The SMILES string of the molecule is CNC(COC(C)C)c1cccc(CC(C)C)c1. The van der Waals surface area contributed by atoms with Gasteiger partial charge < -0.3 is 10.1 Å². The third kappa shape index (κ3) is 5.19. The summed E-state index contributed by atoms with van der Waals surface area (Å²) in [5.74, 6) is 0.695. The van der Waals surface area contributed by atoms with Gasteiger partial charge in [-0.1, -0.05) is 38.1 Å². The monoisotopic (exact) mass is 249 g/mol. The van der Waals surface area contributed by atoms with Crippen LogP contribution in [-0.2, 0) is 11.2 Å². The Kier molecular flexibility index (Phi) is 6.37. The standard InChI is InChI=1S/C16H27NO/c1-12(2)9-14-7-6-8-15(10-14)16(17-5)11-18-13(3)4/h6-8,10,12-13,16-17H,9,11H2,1-5H3. The van der Waals surface area contributed by atoms with E-state index in [1.807, 2.05) is 7.05 Å². The maximum atomic E-state index is 5.71. The van der Waals surface area contributed by atoms with E-state index in [2.05, 4.69) is 57.3 Å². The van der Waals surface area contributed by atoms with Crippen molar-refractivity contribution in [2.45, 2.75) is 46.3 Å². The second-order valence-electron chi connectivity index (χ2n) is 5.57. The Labute approximate surface area is 112 Å². The molecule has 1 aromatic carbocycles. The van der Waals surface area contributed by atoms with Gasteiger partial charge in [0, 0.05) is 0 Å². The first-order valence-corrected chi connectivity index (χ1v) is 6.90. The highest BCUT2D eigenvalue weighted by atomic mass is 16.5. The maximum Gasteiger partial charge on any atom is 0.0664 e. The molecule has 2 heteroatoms. The Hall–Kier alpha value is -0.860. The average Bonchev–Trinajstić information content (AvgIpc) is 2.29. The minimum Gasteiger partial charge on any atom is -0.377 e. The predicted molar refractivity (Wildman–Crippen MR) is 77.9 cm³/mol. The van der Waals surface area contributed by atoms with E-state index in [1.54, 1.807) is 0 Å². The molecule has 0 spiro atoms. The van der Waals surface area contributed by atoms with E-state index in [1.165, 1.54) is 11.1 Å². The summed E-state index contributed by atoms with van der Waals surface area (Å²) in [4.78, 5) is 0. The van der Waals surface area contributed by atoms with E-state index in [9.17, 15) is 0 Å². The highest BCUT2D eigenvalue weighted by molar-refractivity contribution is 5.26. The Balaban J connectivity index is 2.72. The van der Waals surface area contributed by atoms with Crippen LogP contribution in [0.5, 0.6) is 0 Å². The number of ether oxygens (including phenoxy) is 1. The number of rotatable bonds is 7. The molecule has 0 heterocycles. The van der Waals surface area contributed by atoms with E-state index in [0.29, 0.717) is 5.92 Å².